The largest absolute Gasteiger partial charge is 0.491 e. The van der Waals surface area contributed by atoms with E-state index >= 15 is 0 Å². The van der Waals surface area contributed by atoms with Crippen molar-refractivity contribution in [2.45, 2.75) is 0 Å². The van der Waals surface area contributed by atoms with E-state index in [1.165, 1.54) is 0 Å². The fourth-order valence-corrected chi connectivity index (χ4v) is 1.21. The van der Waals surface area contributed by atoms with Gasteiger partial charge < -0.3 is 9.84 Å². The average molecular weight is 257 g/mol. The highest BCUT2D eigenvalue weighted by Gasteiger charge is 1.91. The molecule has 0 aromatic heterocycles. The SMILES string of the molecule is OCCOc1ccc(C=CCBr)cc1. The molecule has 14 heavy (non-hydrogen) atoms. The lowest BCUT2D eigenvalue weighted by Crippen LogP contribution is -2.01. The number of aliphatic hydroxyl groups excluding tert-OH is 1. The third kappa shape index (κ3) is 3.94. The maximum Gasteiger partial charge on any atom is 0.119 e. The van der Waals surface area contributed by atoms with Crippen molar-refractivity contribution in [2.24, 2.45) is 0 Å². The van der Waals surface area contributed by atoms with Crippen molar-refractivity contribution in [1.82, 2.24) is 0 Å². The van der Waals surface area contributed by atoms with Crippen LogP contribution < -0.4 is 4.74 Å². The van der Waals surface area contributed by atoms with Gasteiger partial charge in [0, 0.05) is 5.33 Å². The van der Waals surface area contributed by atoms with Crippen molar-refractivity contribution in [1.29, 1.82) is 0 Å². The maximum absolute atomic E-state index is 8.56. The smallest absolute Gasteiger partial charge is 0.119 e. The molecule has 0 bridgehead atoms. The number of allylic oxidation sites excluding steroid dienone is 1. The number of hydrogen-bond donors (Lipinski definition) is 1. The number of hydrogen-bond acceptors (Lipinski definition) is 2. The van der Waals surface area contributed by atoms with Crippen molar-refractivity contribution in [2.75, 3.05) is 18.5 Å². The standard InChI is InChI=1S/C11H13BrO2/c12-7-1-2-10-3-5-11(6-4-10)14-9-8-13/h1-6,13H,7-9H2. The molecule has 0 radical (unpaired) electrons. The second kappa shape index (κ2) is 6.62. The van der Waals surface area contributed by atoms with E-state index in [1.807, 2.05) is 36.4 Å². The van der Waals surface area contributed by atoms with Crippen LogP contribution in [0.25, 0.3) is 6.08 Å². The Morgan fingerprint density at radius 1 is 1.29 bits per heavy atom. The van der Waals surface area contributed by atoms with Gasteiger partial charge in [0.05, 0.1) is 6.61 Å². The first-order chi connectivity index (χ1) is 6.86. The molecule has 1 aromatic carbocycles. The molecule has 0 spiro atoms. The van der Waals surface area contributed by atoms with Gasteiger partial charge in [-0.05, 0) is 17.7 Å². The van der Waals surface area contributed by atoms with Gasteiger partial charge in [-0.3, -0.25) is 0 Å². The molecule has 3 heteroatoms. The summed E-state index contributed by atoms with van der Waals surface area (Å²) in [5.74, 6) is 0.787. The molecule has 0 saturated heterocycles. The summed E-state index contributed by atoms with van der Waals surface area (Å²) >= 11 is 3.32. The Hall–Kier alpha value is -0.800. The maximum atomic E-state index is 8.56. The molecular weight excluding hydrogens is 244 g/mol. The zero-order chi connectivity index (χ0) is 10.2. The summed E-state index contributed by atoms with van der Waals surface area (Å²) < 4.78 is 5.23. The normalized spacial score (nSPS) is 10.7. The number of alkyl halides is 1. The third-order valence-corrected chi connectivity index (χ3v) is 2.01. The van der Waals surface area contributed by atoms with E-state index in [9.17, 15) is 0 Å². The Bertz CT molecular complexity index is 280. The van der Waals surface area contributed by atoms with Crippen LogP contribution in [0, 0.1) is 0 Å². The molecule has 0 aliphatic heterocycles. The molecule has 0 amide bonds. The summed E-state index contributed by atoms with van der Waals surface area (Å²) in [5.41, 5.74) is 1.14. The second-order valence-electron chi connectivity index (χ2n) is 2.70. The fraction of sp³-hybridized carbons (Fsp3) is 0.273. The van der Waals surface area contributed by atoms with Gasteiger partial charge in [0.2, 0.25) is 0 Å². The number of ether oxygens (including phenoxy) is 1. The molecule has 0 saturated carbocycles. The van der Waals surface area contributed by atoms with Gasteiger partial charge in [-0.25, -0.2) is 0 Å². The summed E-state index contributed by atoms with van der Waals surface area (Å²) in [6, 6.07) is 7.74. The Morgan fingerprint density at radius 3 is 2.57 bits per heavy atom. The summed E-state index contributed by atoms with van der Waals surface area (Å²) in [5, 5.41) is 9.41. The van der Waals surface area contributed by atoms with Crippen LogP contribution in [0.3, 0.4) is 0 Å². The molecule has 1 N–H and O–H groups in total. The minimum absolute atomic E-state index is 0.0469. The van der Waals surface area contributed by atoms with Crippen LogP contribution in [0.1, 0.15) is 5.56 Å². The van der Waals surface area contributed by atoms with Crippen LogP contribution in [0.2, 0.25) is 0 Å². The number of halogens is 1. The molecule has 0 fully saturated rings. The number of rotatable bonds is 5. The zero-order valence-electron chi connectivity index (χ0n) is 7.82. The van der Waals surface area contributed by atoms with Gasteiger partial charge in [-0.15, -0.1) is 0 Å². The summed E-state index contributed by atoms with van der Waals surface area (Å²) in [6.07, 6.45) is 4.06. The number of aliphatic hydroxyl groups is 1. The van der Waals surface area contributed by atoms with E-state index in [0.717, 1.165) is 16.6 Å². The summed E-state index contributed by atoms with van der Waals surface area (Å²) in [4.78, 5) is 0. The Kier molecular flexibility index (Phi) is 5.33. The van der Waals surface area contributed by atoms with Crippen molar-refractivity contribution in [3.63, 3.8) is 0 Å². The van der Waals surface area contributed by atoms with Crippen LogP contribution >= 0.6 is 15.9 Å². The second-order valence-corrected chi connectivity index (χ2v) is 3.35. The topological polar surface area (TPSA) is 29.5 Å². The first-order valence-electron chi connectivity index (χ1n) is 4.43. The van der Waals surface area contributed by atoms with Crippen LogP contribution in [0.5, 0.6) is 5.75 Å². The summed E-state index contributed by atoms with van der Waals surface area (Å²) in [6.45, 7) is 0.391. The monoisotopic (exact) mass is 256 g/mol. The molecule has 0 aliphatic rings. The minimum Gasteiger partial charge on any atom is -0.491 e. The fourth-order valence-electron chi connectivity index (χ4n) is 1.02. The van der Waals surface area contributed by atoms with Gasteiger partial charge in [0.15, 0.2) is 0 Å². The minimum atomic E-state index is 0.0469. The van der Waals surface area contributed by atoms with Gasteiger partial charge in [0.1, 0.15) is 12.4 Å². The number of benzene rings is 1. The highest BCUT2D eigenvalue weighted by atomic mass is 79.9. The van der Waals surface area contributed by atoms with Crippen molar-refractivity contribution in [3.8, 4) is 5.75 Å². The van der Waals surface area contributed by atoms with Crippen molar-refractivity contribution >= 4 is 22.0 Å². The quantitative estimate of drug-likeness (QED) is 0.821. The van der Waals surface area contributed by atoms with Crippen LogP contribution in [-0.2, 0) is 0 Å². The Labute approximate surface area is 92.3 Å². The zero-order valence-corrected chi connectivity index (χ0v) is 9.40. The lowest BCUT2D eigenvalue weighted by atomic mass is 10.2. The summed E-state index contributed by atoms with van der Waals surface area (Å²) in [7, 11) is 0. The molecule has 1 aromatic rings. The van der Waals surface area contributed by atoms with Crippen LogP contribution in [0.15, 0.2) is 30.3 Å². The molecule has 0 atom stereocenters. The highest BCUT2D eigenvalue weighted by Crippen LogP contribution is 2.12. The van der Waals surface area contributed by atoms with Crippen molar-refractivity contribution in [3.05, 3.63) is 35.9 Å². The third-order valence-electron chi connectivity index (χ3n) is 1.64. The molecule has 0 unspecified atom stereocenters. The lowest BCUT2D eigenvalue weighted by Gasteiger charge is -2.03. The van der Waals surface area contributed by atoms with Crippen LogP contribution in [0.4, 0.5) is 0 Å². The molecular formula is C11H13BrO2. The van der Waals surface area contributed by atoms with Crippen LogP contribution in [-0.4, -0.2) is 23.7 Å². The van der Waals surface area contributed by atoms with E-state index < -0.39 is 0 Å². The van der Waals surface area contributed by atoms with Crippen molar-refractivity contribution < 1.29 is 9.84 Å². The Morgan fingerprint density at radius 2 is 2.00 bits per heavy atom. The van der Waals surface area contributed by atoms with Gasteiger partial charge in [-0.1, -0.05) is 40.2 Å². The first kappa shape index (κ1) is 11.3. The Balaban J connectivity index is 2.54. The van der Waals surface area contributed by atoms with E-state index in [1.54, 1.807) is 0 Å². The molecule has 76 valence electrons. The van der Waals surface area contributed by atoms with Gasteiger partial charge >= 0.3 is 0 Å². The molecule has 2 nitrogen and oxygen atoms in total. The highest BCUT2D eigenvalue weighted by molar-refractivity contribution is 9.09. The van der Waals surface area contributed by atoms with Gasteiger partial charge in [-0.2, -0.15) is 0 Å². The van der Waals surface area contributed by atoms with E-state index in [4.69, 9.17) is 9.84 Å². The predicted molar refractivity (Wildman–Crippen MR) is 61.9 cm³/mol. The first-order valence-corrected chi connectivity index (χ1v) is 5.55. The lowest BCUT2D eigenvalue weighted by molar-refractivity contribution is 0.201. The molecule has 1 rings (SSSR count). The van der Waals surface area contributed by atoms with E-state index in [2.05, 4.69) is 15.9 Å². The van der Waals surface area contributed by atoms with E-state index in [0.29, 0.717) is 6.61 Å². The molecule has 0 heterocycles. The average Bonchev–Trinajstić information content (AvgIpc) is 2.25. The van der Waals surface area contributed by atoms with Gasteiger partial charge in [0.25, 0.3) is 0 Å². The molecule has 0 aliphatic carbocycles. The predicted octanol–water partition coefficient (Wildman–Crippen LogP) is 2.47. The van der Waals surface area contributed by atoms with E-state index in [-0.39, 0.29) is 6.61 Å².